The number of carboxylic acid groups (broad SMARTS) is 2. The van der Waals surface area contributed by atoms with Crippen LogP contribution in [0.1, 0.15) is 96.3 Å². The van der Waals surface area contributed by atoms with Crippen LogP contribution in [0.25, 0.3) is 0 Å². The maximum absolute atomic E-state index is 12.8. The van der Waals surface area contributed by atoms with Crippen molar-refractivity contribution in [3.8, 4) is 0 Å². The summed E-state index contributed by atoms with van der Waals surface area (Å²) in [5, 5.41) is 39.9. The van der Waals surface area contributed by atoms with Crippen molar-refractivity contribution in [2.75, 3.05) is 0 Å². The van der Waals surface area contributed by atoms with E-state index in [1.807, 2.05) is 0 Å². The van der Waals surface area contributed by atoms with Gasteiger partial charge in [-0.25, -0.2) is 0 Å². The van der Waals surface area contributed by atoms with Crippen LogP contribution >= 0.6 is 0 Å². The minimum atomic E-state index is -1.19. The molecule has 4 fully saturated rings. The molecule has 4 aliphatic rings. The second-order valence-corrected chi connectivity index (χ2v) is 12.7. The predicted octanol–water partition coefficient (Wildman–Crippen LogP) is 3.59. The lowest BCUT2D eigenvalue weighted by Gasteiger charge is -2.35. The molecule has 0 aromatic carbocycles. The molecule has 6 unspecified atom stereocenters. The molecule has 0 bridgehead atoms. The number of rotatable bonds is 9. The minimum absolute atomic E-state index is 0.0804. The summed E-state index contributed by atoms with van der Waals surface area (Å²) in [5.74, 6) is -5.79. The van der Waals surface area contributed by atoms with Crippen molar-refractivity contribution in [1.82, 2.24) is 0 Å². The van der Waals surface area contributed by atoms with Gasteiger partial charge in [0.25, 0.3) is 0 Å². The number of nitro groups is 1. The molecule has 0 aromatic heterocycles. The number of hydrogen-bond donors (Lipinski definition) is 3. The first-order valence-corrected chi connectivity index (χ1v) is 15.2. The highest BCUT2D eigenvalue weighted by Crippen LogP contribution is 2.39. The quantitative estimate of drug-likeness (QED) is 0.205. The number of nitrogens with zero attached hydrogens (tertiary/aromatic N) is 1. The zero-order chi connectivity index (χ0) is 29.7. The molecule has 12 heteroatoms. The smallest absolute Gasteiger partial charge is 0.310 e. The minimum Gasteiger partial charge on any atom is -0.481 e. The van der Waals surface area contributed by atoms with E-state index in [2.05, 4.69) is 0 Å². The Balaban J connectivity index is 1.15. The molecule has 6 atom stereocenters. The zero-order valence-electron chi connectivity index (χ0n) is 23.4. The lowest BCUT2D eigenvalue weighted by molar-refractivity contribution is -0.528. The van der Waals surface area contributed by atoms with Gasteiger partial charge in [0.2, 0.25) is 6.04 Å². The van der Waals surface area contributed by atoms with Crippen LogP contribution < -0.4 is 0 Å². The summed E-state index contributed by atoms with van der Waals surface area (Å²) in [5.41, 5.74) is 0. The predicted molar refractivity (Wildman–Crippen MR) is 142 cm³/mol. The van der Waals surface area contributed by atoms with Crippen LogP contribution in [0.3, 0.4) is 0 Å². The van der Waals surface area contributed by atoms with Crippen molar-refractivity contribution in [3.05, 3.63) is 10.1 Å². The topological polar surface area (TPSA) is 191 Å². The highest BCUT2D eigenvalue weighted by molar-refractivity contribution is 5.82. The fourth-order valence-electron chi connectivity index (χ4n) is 7.54. The van der Waals surface area contributed by atoms with E-state index in [-0.39, 0.29) is 37.9 Å². The molecular weight excluding hydrogens is 538 g/mol. The fraction of sp³-hybridized carbons (Fsp3) is 0.862. The van der Waals surface area contributed by atoms with E-state index in [1.165, 1.54) is 0 Å². The molecular formula is C29H43NO11. The molecule has 4 aliphatic carbocycles. The molecule has 0 saturated heterocycles. The molecule has 41 heavy (non-hydrogen) atoms. The molecule has 0 amide bonds. The maximum atomic E-state index is 12.8. The molecule has 12 nitrogen and oxygen atoms in total. The number of ether oxygens (including phenoxy) is 2. The van der Waals surface area contributed by atoms with E-state index >= 15 is 0 Å². The van der Waals surface area contributed by atoms with Gasteiger partial charge in [-0.1, -0.05) is 0 Å². The van der Waals surface area contributed by atoms with Gasteiger partial charge in [0.15, 0.2) is 0 Å². The first kappa shape index (κ1) is 31.2. The molecule has 0 heterocycles. The third-order valence-electron chi connectivity index (χ3n) is 10.0. The normalized spacial score (nSPS) is 37.9. The lowest BCUT2D eigenvalue weighted by Crippen LogP contribution is -2.41. The van der Waals surface area contributed by atoms with Gasteiger partial charge in [0.05, 0.1) is 29.8 Å². The van der Waals surface area contributed by atoms with Crippen LogP contribution in [0.2, 0.25) is 0 Å². The van der Waals surface area contributed by atoms with Crippen LogP contribution in [0, 0.1) is 45.6 Å². The van der Waals surface area contributed by atoms with Crippen LogP contribution in [-0.4, -0.2) is 68.5 Å². The molecule has 3 N–H and O–H groups in total. The Morgan fingerprint density at radius 3 is 1.51 bits per heavy atom. The average molecular weight is 582 g/mol. The number of aliphatic carboxylic acids is 2. The monoisotopic (exact) mass is 581 g/mol. The highest BCUT2D eigenvalue weighted by atomic mass is 16.6. The molecule has 230 valence electrons. The number of hydrogen-bond acceptors (Lipinski definition) is 9. The van der Waals surface area contributed by atoms with E-state index in [1.54, 1.807) is 0 Å². The van der Waals surface area contributed by atoms with Gasteiger partial charge in [-0.2, -0.15) is 0 Å². The lowest BCUT2D eigenvalue weighted by atomic mass is 9.76. The van der Waals surface area contributed by atoms with Gasteiger partial charge in [-0.3, -0.25) is 29.3 Å². The third-order valence-corrected chi connectivity index (χ3v) is 10.0. The Kier molecular flexibility index (Phi) is 10.6. The summed E-state index contributed by atoms with van der Waals surface area (Å²) in [6.07, 6.45) is 7.51. The Bertz CT molecular complexity index is 970. The summed E-state index contributed by atoms with van der Waals surface area (Å²) in [4.78, 5) is 59.4. The van der Waals surface area contributed by atoms with Crippen molar-refractivity contribution in [2.45, 2.75) is 121 Å². The second-order valence-electron chi connectivity index (χ2n) is 12.7. The molecule has 4 rings (SSSR count). The number of aliphatic hydroxyl groups excluding tert-OH is 1. The standard InChI is InChI=1S/C29H43NO11/c31-19-6-12-23(25(15-19)27(34)35)29(37)41-21-9-3-17(4-10-21)13-16-1-7-20(8-2-16)40-28(36)22-11-5-18(30(38)39)14-24(22)26(32)33/h16-25,31H,1-15H2,(H,32,33)(H,34,35). The van der Waals surface area contributed by atoms with Gasteiger partial charge in [0.1, 0.15) is 12.2 Å². The van der Waals surface area contributed by atoms with Gasteiger partial charge < -0.3 is 24.8 Å². The largest absolute Gasteiger partial charge is 0.481 e. The van der Waals surface area contributed by atoms with Gasteiger partial charge in [-0.15, -0.1) is 0 Å². The third kappa shape index (κ3) is 8.17. The Labute approximate surface area is 239 Å². The number of aliphatic hydroxyl groups is 1. The van der Waals surface area contributed by atoms with E-state index in [9.17, 15) is 44.6 Å². The van der Waals surface area contributed by atoms with Gasteiger partial charge in [-0.05, 0) is 95.3 Å². The van der Waals surface area contributed by atoms with E-state index < -0.39 is 64.6 Å². The Morgan fingerprint density at radius 2 is 1.07 bits per heavy atom. The first-order valence-electron chi connectivity index (χ1n) is 15.2. The Hall–Kier alpha value is -2.76. The SMILES string of the molecule is O=C(O)C1CC(O)CCC1C(=O)OC1CCC(CC2CCC(OC(=O)C3CCC([N+](=O)[O-])CC3C(=O)O)CC2)CC1. The first-order chi connectivity index (χ1) is 19.5. The van der Waals surface area contributed by atoms with Gasteiger partial charge in [0, 0.05) is 17.8 Å². The summed E-state index contributed by atoms with van der Waals surface area (Å²) < 4.78 is 11.4. The van der Waals surface area contributed by atoms with E-state index in [0.29, 0.717) is 37.5 Å². The summed E-state index contributed by atoms with van der Waals surface area (Å²) in [6, 6.07) is -0.936. The van der Waals surface area contributed by atoms with E-state index in [0.717, 1.165) is 44.9 Å². The van der Waals surface area contributed by atoms with Crippen molar-refractivity contribution in [3.63, 3.8) is 0 Å². The summed E-state index contributed by atoms with van der Waals surface area (Å²) in [7, 11) is 0. The summed E-state index contributed by atoms with van der Waals surface area (Å²) >= 11 is 0. The average Bonchev–Trinajstić information content (AvgIpc) is 2.94. The number of carbonyl (C=O) groups is 4. The molecule has 0 aliphatic heterocycles. The van der Waals surface area contributed by atoms with Crippen LogP contribution in [0.5, 0.6) is 0 Å². The van der Waals surface area contributed by atoms with Crippen molar-refractivity contribution in [1.29, 1.82) is 0 Å². The zero-order valence-corrected chi connectivity index (χ0v) is 23.4. The molecule has 0 radical (unpaired) electrons. The molecule has 4 saturated carbocycles. The summed E-state index contributed by atoms with van der Waals surface area (Å²) in [6.45, 7) is 0. The van der Waals surface area contributed by atoms with Crippen molar-refractivity contribution < 1.29 is 48.9 Å². The number of carboxylic acids is 2. The fourth-order valence-corrected chi connectivity index (χ4v) is 7.54. The number of carbonyl (C=O) groups excluding carboxylic acids is 2. The van der Waals surface area contributed by atoms with Crippen molar-refractivity contribution >= 4 is 23.9 Å². The maximum Gasteiger partial charge on any atom is 0.310 e. The van der Waals surface area contributed by atoms with E-state index in [4.69, 9.17) is 9.47 Å². The molecule has 0 spiro atoms. The van der Waals surface area contributed by atoms with Crippen molar-refractivity contribution in [2.24, 2.45) is 35.5 Å². The molecule has 0 aromatic rings. The Morgan fingerprint density at radius 1 is 0.634 bits per heavy atom. The van der Waals surface area contributed by atoms with Gasteiger partial charge >= 0.3 is 23.9 Å². The van der Waals surface area contributed by atoms with Crippen LogP contribution in [-0.2, 0) is 28.7 Å². The second kappa shape index (κ2) is 13.9. The number of esters is 2. The van der Waals surface area contributed by atoms with Crippen LogP contribution in [0.15, 0.2) is 0 Å². The van der Waals surface area contributed by atoms with Crippen LogP contribution in [0.4, 0.5) is 0 Å². The highest BCUT2D eigenvalue weighted by Gasteiger charge is 2.45.